The predicted molar refractivity (Wildman–Crippen MR) is 88.1 cm³/mol. The van der Waals surface area contributed by atoms with E-state index in [2.05, 4.69) is 10.3 Å². The molecule has 3 nitrogen and oxygen atoms in total. The Morgan fingerprint density at radius 2 is 1.88 bits per heavy atom. The molecule has 1 heterocycles. The number of fused-ring (bicyclic) bond motifs is 1. The number of carbonyl (C=O) groups excluding carboxylic acids is 1. The number of amides is 1. The molecule has 24 heavy (non-hydrogen) atoms. The van der Waals surface area contributed by atoms with Crippen molar-refractivity contribution in [2.24, 2.45) is 0 Å². The second kappa shape index (κ2) is 6.24. The van der Waals surface area contributed by atoms with Crippen LogP contribution in [-0.2, 0) is 17.4 Å². The third-order valence-electron chi connectivity index (χ3n) is 3.44. The molecule has 3 rings (SSSR count). The summed E-state index contributed by atoms with van der Waals surface area (Å²) in [6.07, 6.45) is -4.38. The lowest BCUT2D eigenvalue weighted by Gasteiger charge is -2.07. The molecular formula is C17H13F3N2OS. The molecule has 3 aromatic rings. The maximum atomic E-state index is 12.5. The average molecular weight is 350 g/mol. The molecule has 7 heteroatoms. The number of nitrogens with zero attached hydrogens (tertiary/aromatic N) is 1. The molecule has 0 aliphatic rings. The molecule has 2 aromatic carbocycles. The summed E-state index contributed by atoms with van der Waals surface area (Å²) in [5, 5.41) is 3.17. The van der Waals surface area contributed by atoms with E-state index in [1.54, 1.807) is 0 Å². The molecule has 0 radical (unpaired) electrons. The maximum absolute atomic E-state index is 12.5. The van der Waals surface area contributed by atoms with Crippen LogP contribution in [0.3, 0.4) is 0 Å². The molecule has 0 aliphatic heterocycles. The highest BCUT2D eigenvalue weighted by molar-refractivity contribution is 7.22. The largest absolute Gasteiger partial charge is 0.416 e. The van der Waals surface area contributed by atoms with Gasteiger partial charge in [-0.1, -0.05) is 29.5 Å². The number of halogens is 3. The highest BCUT2D eigenvalue weighted by atomic mass is 32.1. The number of rotatable bonds is 3. The summed E-state index contributed by atoms with van der Waals surface area (Å²) in [7, 11) is 0. The van der Waals surface area contributed by atoms with Gasteiger partial charge in [-0.15, -0.1) is 0 Å². The zero-order valence-electron chi connectivity index (χ0n) is 12.6. The van der Waals surface area contributed by atoms with Crippen LogP contribution in [0.1, 0.15) is 16.7 Å². The summed E-state index contributed by atoms with van der Waals surface area (Å²) in [4.78, 5) is 16.4. The molecule has 0 atom stereocenters. The van der Waals surface area contributed by atoms with E-state index in [0.717, 1.165) is 27.9 Å². The van der Waals surface area contributed by atoms with Crippen LogP contribution in [0.25, 0.3) is 10.2 Å². The highest BCUT2D eigenvalue weighted by Gasteiger charge is 2.29. The zero-order valence-corrected chi connectivity index (χ0v) is 13.5. The van der Waals surface area contributed by atoms with E-state index in [1.807, 2.05) is 25.1 Å². The molecule has 1 amide bonds. The smallest absolute Gasteiger partial charge is 0.302 e. The van der Waals surface area contributed by atoms with Gasteiger partial charge in [0.05, 0.1) is 22.2 Å². The number of benzene rings is 2. The Morgan fingerprint density at radius 1 is 1.17 bits per heavy atom. The van der Waals surface area contributed by atoms with Crippen molar-refractivity contribution in [3.05, 3.63) is 59.2 Å². The molecule has 0 bridgehead atoms. The number of hydrogen-bond donors (Lipinski definition) is 1. The maximum Gasteiger partial charge on any atom is 0.416 e. The lowest BCUT2D eigenvalue weighted by molar-refractivity contribution is -0.137. The fraction of sp³-hybridized carbons (Fsp3) is 0.176. The van der Waals surface area contributed by atoms with E-state index < -0.39 is 11.7 Å². The van der Waals surface area contributed by atoms with E-state index in [-0.39, 0.29) is 12.3 Å². The minimum absolute atomic E-state index is 0.00686. The number of aromatic nitrogens is 1. The van der Waals surface area contributed by atoms with Gasteiger partial charge in [-0.3, -0.25) is 4.79 Å². The van der Waals surface area contributed by atoms with Crippen LogP contribution >= 0.6 is 11.3 Å². The van der Waals surface area contributed by atoms with E-state index in [4.69, 9.17) is 0 Å². The summed E-state index contributed by atoms with van der Waals surface area (Å²) >= 11 is 1.36. The molecule has 0 saturated heterocycles. The molecule has 0 saturated carbocycles. The van der Waals surface area contributed by atoms with Crippen LogP contribution in [0, 0.1) is 6.92 Å². The molecule has 0 fully saturated rings. The quantitative estimate of drug-likeness (QED) is 0.737. The van der Waals surface area contributed by atoms with Crippen molar-refractivity contribution in [3.8, 4) is 0 Å². The summed E-state index contributed by atoms with van der Waals surface area (Å²) in [5.41, 5.74) is 1.69. The third-order valence-corrected chi connectivity index (χ3v) is 4.37. The standard InChI is InChI=1S/C17H13F3N2OS/c1-10-2-7-13-14(8-10)24-16(21-13)22-15(23)9-11-3-5-12(6-4-11)17(18,19)20/h2-8H,9H2,1H3,(H,21,22,23). The number of nitrogens with one attached hydrogen (secondary N) is 1. The second-order valence-electron chi connectivity index (χ2n) is 5.41. The van der Waals surface area contributed by atoms with Crippen molar-refractivity contribution in [2.75, 3.05) is 5.32 Å². The summed E-state index contributed by atoms with van der Waals surface area (Å²) in [6, 6.07) is 10.4. The van der Waals surface area contributed by atoms with Crippen molar-refractivity contribution in [1.29, 1.82) is 0 Å². The Kier molecular flexibility index (Phi) is 4.28. The molecule has 124 valence electrons. The number of aryl methyl sites for hydroxylation is 1. The van der Waals surface area contributed by atoms with Gasteiger partial charge in [0.2, 0.25) is 5.91 Å². The van der Waals surface area contributed by atoms with Crippen LogP contribution in [0.15, 0.2) is 42.5 Å². The van der Waals surface area contributed by atoms with Crippen molar-refractivity contribution < 1.29 is 18.0 Å². The Morgan fingerprint density at radius 3 is 2.54 bits per heavy atom. The monoisotopic (exact) mass is 350 g/mol. The topological polar surface area (TPSA) is 42.0 Å². The van der Waals surface area contributed by atoms with Crippen LogP contribution < -0.4 is 5.32 Å². The van der Waals surface area contributed by atoms with Gasteiger partial charge in [0, 0.05) is 0 Å². The highest BCUT2D eigenvalue weighted by Crippen LogP contribution is 2.29. The Bertz CT molecular complexity index is 885. The van der Waals surface area contributed by atoms with Crippen LogP contribution in [0.4, 0.5) is 18.3 Å². The number of alkyl halides is 3. The summed E-state index contributed by atoms with van der Waals surface area (Å²) < 4.78 is 38.5. The molecule has 1 aromatic heterocycles. The minimum Gasteiger partial charge on any atom is -0.302 e. The molecular weight excluding hydrogens is 337 g/mol. The van der Waals surface area contributed by atoms with Crippen molar-refractivity contribution in [1.82, 2.24) is 4.98 Å². The molecule has 0 unspecified atom stereocenters. The minimum atomic E-state index is -4.38. The normalized spacial score (nSPS) is 11.7. The first kappa shape index (κ1) is 16.4. The van der Waals surface area contributed by atoms with Gasteiger partial charge in [-0.2, -0.15) is 13.2 Å². The Balaban J connectivity index is 1.68. The lowest BCUT2D eigenvalue weighted by atomic mass is 10.1. The summed E-state index contributed by atoms with van der Waals surface area (Å²) in [5.74, 6) is -0.314. The average Bonchev–Trinajstić information content (AvgIpc) is 2.87. The second-order valence-corrected chi connectivity index (χ2v) is 6.44. The molecule has 0 aliphatic carbocycles. The van der Waals surface area contributed by atoms with Crippen molar-refractivity contribution >= 4 is 32.6 Å². The number of hydrogen-bond acceptors (Lipinski definition) is 3. The molecule has 0 spiro atoms. The van der Waals surface area contributed by atoms with Gasteiger partial charge in [0.15, 0.2) is 5.13 Å². The van der Waals surface area contributed by atoms with Gasteiger partial charge in [-0.05, 0) is 42.3 Å². The van der Waals surface area contributed by atoms with Crippen LogP contribution in [0.5, 0.6) is 0 Å². The van der Waals surface area contributed by atoms with Gasteiger partial charge < -0.3 is 5.32 Å². The number of anilines is 1. The Labute approximate surface area is 140 Å². The van der Waals surface area contributed by atoms with Crippen LogP contribution in [-0.4, -0.2) is 10.9 Å². The van der Waals surface area contributed by atoms with E-state index >= 15 is 0 Å². The zero-order chi connectivity index (χ0) is 17.3. The fourth-order valence-electron chi connectivity index (χ4n) is 2.25. The SMILES string of the molecule is Cc1ccc2nc(NC(=O)Cc3ccc(C(F)(F)F)cc3)sc2c1. The van der Waals surface area contributed by atoms with Gasteiger partial charge >= 0.3 is 6.18 Å². The van der Waals surface area contributed by atoms with E-state index in [1.165, 1.54) is 23.5 Å². The summed E-state index contributed by atoms with van der Waals surface area (Å²) in [6.45, 7) is 1.97. The lowest BCUT2D eigenvalue weighted by Crippen LogP contribution is -2.14. The van der Waals surface area contributed by atoms with E-state index in [9.17, 15) is 18.0 Å². The fourth-order valence-corrected chi connectivity index (χ4v) is 3.23. The van der Waals surface area contributed by atoms with Gasteiger partial charge in [0.25, 0.3) is 0 Å². The van der Waals surface area contributed by atoms with E-state index in [0.29, 0.717) is 10.7 Å². The first-order chi connectivity index (χ1) is 11.3. The predicted octanol–water partition coefficient (Wildman–Crippen LogP) is 4.80. The molecule has 1 N–H and O–H groups in total. The number of thiazole rings is 1. The van der Waals surface area contributed by atoms with Crippen molar-refractivity contribution in [3.63, 3.8) is 0 Å². The van der Waals surface area contributed by atoms with Crippen LogP contribution in [0.2, 0.25) is 0 Å². The first-order valence-corrected chi connectivity index (χ1v) is 7.96. The Hall–Kier alpha value is -2.41. The third kappa shape index (κ3) is 3.73. The number of carbonyl (C=O) groups is 1. The van der Waals surface area contributed by atoms with Gasteiger partial charge in [-0.25, -0.2) is 4.98 Å². The van der Waals surface area contributed by atoms with Gasteiger partial charge in [0.1, 0.15) is 0 Å². The van der Waals surface area contributed by atoms with Crippen molar-refractivity contribution in [2.45, 2.75) is 19.5 Å². The first-order valence-electron chi connectivity index (χ1n) is 7.14.